The number of rotatable bonds is 7. The molecule has 1 unspecified atom stereocenters. The van der Waals surface area contributed by atoms with E-state index < -0.39 is 18.1 Å². The van der Waals surface area contributed by atoms with Crippen LogP contribution in [0.5, 0.6) is 0 Å². The predicted octanol–water partition coefficient (Wildman–Crippen LogP) is 1.49. The van der Waals surface area contributed by atoms with Gasteiger partial charge in [0.2, 0.25) is 5.91 Å². The van der Waals surface area contributed by atoms with Crippen LogP contribution in [0, 0.1) is 0 Å². The zero-order valence-electron chi connectivity index (χ0n) is 14.6. The number of hydrogen-bond donors (Lipinski definition) is 3. The minimum atomic E-state index is -1.01. The molecule has 138 valence electrons. The lowest BCUT2D eigenvalue weighted by molar-refractivity contribution is -0.141. The van der Waals surface area contributed by atoms with E-state index in [9.17, 15) is 19.2 Å². The molecule has 2 amide bonds. The highest BCUT2D eigenvalue weighted by Gasteiger charge is 2.11. The Labute approximate surface area is 146 Å². The van der Waals surface area contributed by atoms with Crippen LogP contribution in [0.2, 0.25) is 0 Å². The molecule has 25 heavy (non-hydrogen) atoms. The lowest BCUT2D eigenvalue weighted by Crippen LogP contribution is -2.37. The molecule has 1 rings (SSSR count). The average molecular weight is 352 g/mol. The number of ketones is 1. The Bertz CT molecular complexity index is 574. The Morgan fingerprint density at radius 1 is 1.16 bits per heavy atom. The van der Waals surface area contributed by atoms with E-state index in [0.717, 1.165) is 5.56 Å². The highest BCUT2D eigenvalue weighted by Crippen LogP contribution is 2.00. The van der Waals surface area contributed by atoms with E-state index in [4.69, 9.17) is 9.84 Å². The average Bonchev–Trinajstić information content (AvgIpc) is 2.59. The summed E-state index contributed by atoms with van der Waals surface area (Å²) in [4.78, 5) is 42.3. The van der Waals surface area contributed by atoms with Gasteiger partial charge in [-0.25, -0.2) is 4.79 Å². The van der Waals surface area contributed by atoms with Crippen LogP contribution < -0.4 is 10.6 Å². The topological polar surface area (TPSA) is 122 Å². The summed E-state index contributed by atoms with van der Waals surface area (Å²) in [6.07, 6.45) is -0.258. The highest BCUT2D eigenvalue weighted by atomic mass is 16.5. The first-order valence-electron chi connectivity index (χ1n) is 7.72. The number of amides is 2. The largest absolute Gasteiger partial charge is 0.480 e. The Balaban J connectivity index is 0.000000504. The summed E-state index contributed by atoms with van der Waals surface area (Å²) in [7, 11) is 0. The highest BCUT2D eigenvalue weighted by molar-refractivity contribution is 5.83. The number of alkyl carbamates (subject to hydrolysis) is 1. The number of benzene rings is 1. The maximum absolute atomic E-state index is 11.0. The first kappa shape index (κ1) is 22.1. The van der Waals surface area contributed by atoms with Crippen LogP contribution in [0.4, 0.5) is 4.79 Å². The quantitative estimate of drug-likeness (QED) is 0.683. The molecule has 0 aliphatic rings. The minimum absolute atomic E-state index is 0.00756. The summed E-state index contributed by atoms with van der Waals surface area (Å²) in [5, 5.41) is 12.9. The summed E-state index contributed by atoms with van der Waals surface area (Å²) in [5.74, 6) is -1.36. The van der Waals surface area contributed by atoms with Gasteiger partial charge in [0.1, 0.15) is 18.4 Å². The minimum Gasteiger partial charge on any atom is -0.480 e. The standard InChI is InChI=1S/C11H13NO3.C6H11NO3/c1-9(13)7-12-11(14)15-8-10-5-3-2-4-6-10;1-3-5(8)7-4(2)6(9)10/h2-6H,7-8H2,1H3,(H,12,14);4H,3H2,1-2H3,(H,7,8)(H,9,10). The molecule has 8 heteroatoms. The van der Waals surface area contributed by atoms with Gasteiger partial charge >= 0.3 is 12.1 Å². The second kappa shape index (κ2) is 12.5. The molecule has 0 radical (unpaired) electrons. The van der Waals surface area contributed by atoms with Crippen LogP contribution >= 0.6 is 0 Å². The number of carbonyl (C=O) groups excluding carboxylic acids is 3. The number of aliphatic carboxylic acids is 1. The number of carbonyl (C=O) groups is 4. The van der Waals surface area contributed by atoms with E-state index in [2.05, 4.69) is 10.6 Å². The van der Waals surface area contributed by atoms with Crippen LogP contribution in [0.3, 0.4) is 0 Å². The normalized spacial score (nSPS) is 10.5. The molecule has 0 bridgehead atoms. The van der Waals surface area contributed by atoms with E-state index >= 15 is 0 Å². The summed E-state index contributed by atoms with van der Waals surface area (Å²) in [6, 6.07) is 8.56. The zero-order valence-corrected chi connectivity index (χ0v) is 14.6. The monoisotopic (exact) mass is 352 g/mol. The van der Waals surface area contributed by atoms with E-state index in [1.54, 1.807) is 6.92 Å². The van der Waals surface area contributed by atoms with Gasteiger partial charge in [-0.15, -0.1) is 0 Å². The van der Waals surface area contributed by atoms with E-state index in [1.165, 1.54) is 13.8 Å². The lowest BCUT2D eigenvalue weighted by atomic mass is 10.2. The lowest BCUT2D eigenvalue weighted by Gasteiger charge is -2.06. The summed E-state index contributed by atoms with van der Waals surface area (Å²) in [6.45, 7) is 4.72. The SMILES string of the molecule is CC(=O)CNC(=O)OCc1ccccc1.CCC(=O)NC(C)C(=O)O. The number of nitrogens with one attached hydrogen (secondary N) is 2. The second-order valence-corrected chi connectivity index (χ2v) is 5.10. The van der Waals surface area contributed by atoms with Crippen LogP contribution in [-0.4, -0.2) is 41.4 Å². The number of carboxylic acid groups (broad SMARTS) is 1. The van der Waals surface area contributed by atoms with E-state index in [1.807, 2.05) is 30.3 Å². The smallest absolute Gasteiger partial charge is 0.407 e. The van der Waals surface area contributed by atoms with Crippen molar-refractivity contribution in [1.82, 2.24) is 10.6 Å². The molecule has 0 aliphatic carbocycles. The third-order valence-corrected chi connectivity index (χ3v) is 2.76. The Morgan fingerprint density at radius 3 is 2.24 bits per heavy atom. The fraction of sp³-hybridized carbons (Fsp3) is 0.412. The van der Waals surface area contributed by atoms with Gasteiger partial charge in [0.15, 0.2) is 0 Å². The van der Waals surface area contributed by atoms with Gasteiger partial charge in [-0.1, -0.05) is 37.3 Å². The van der Waals surface area contributed by atoms with Crippen molar-refractivity contribution in [2.75, 3.05) is 6.54 Å². The summed E-state index contributed by atoms with van der Waals surface area (Å²) < 4.78 is 4.88. The van der Waals surface area contributed by atoms with Crippen molar-refractivity contribution in [3.63, 3.8) is 0 Å². The summed E-state index contributed by atoms with van der Waals surface area (Å²) in [5.41, 5.74) is 0.912. The molecule has 0 aromatic heterocycles. The van der Waals surface area contributed by atoms with Gasteiger partial charge < -0.3 is 20.5 Å². The number of Topliss-reactive ketones (excluding diaryl/α,β-unsaturated/α-hetero) is 1. The molecule has 0 saturated carbocycles. The molecular formula is C17H24N2O6. The predicted molar refractivity (Wildman–Crippen MR) is 90.8 cm³/mol. The first-order chi connectivity index (χ1) is 11.8. The van der Waals surface area contributed by atoms with Crippen LogP contribution in [-0.2, 0) is 25.7 Å². The molecule has 0 aliphatic heterocycles. The first-order valence-corrected chi connectivity index (χ1v) is 7.72. The van der Waals surface area contributed by atoms with E-state index in [-0.39, 0.29) is 24.8 Å². The van der Waals surface area contributed by atoms with Crippen LogP contribution in [0.1, 0.15) is 32.8 Å². The van der Waals surface area contributed by atoms with Crippen molar-refractivity contribution in [3.05, 3.63) is 35.9 Å². The number of hydrogen-bond acceptors (Lipinski definition) is 5. The maximum atomic E-state index is 11.0. The molecule has 1 atom stereocenters. The second-order valence-electron chi connectivity index (χ2n) is 5.10. The molecule has 0 fully saturated rings. The van der Waals surface area contributed by atoms with Gasteiger partial charge in [-0.3, -0.25) is 14.4 Å². The summed E-state index contributed by atoms with van der Waals surface area (Å²) >= 11 is 0. The van der Waals surface area contributed by atoms with Crippen molar-refractivity contribution >= 4 is 23.8 Å². The van der Waals surface area contributed by atoms with Crippen molar-refractivity contribution in [3.8, 4) is 0 Å². The molecular weight excluding hydrogens is 328 g/mol. The number of carboxylic acids is 1. The molecule has 3 N–H and O–H groups in total. The van der Waals surface area contributed by atoms with Crippen molar-refractivity contribution < 1.29 is 29.0 Å². The van der Waals surface area contributed by atoms with Gasteiger partial charge in [0.25, 0.3) is 0 Å². The van der Waals surface area contributed by atoms with Gasteiger partial charge in [-0.2, -0.15) is 0 Å². The third kappa shape index (κ3) is 12.2. The molecule has 1 aromatic carbocycles. The molecule has 0 heterocycles. The Hall–Kier alpha value is -2.90. The maximum Gasteiger partial charge on any atom is 0.407 e. The number of ether oxygens (including phenoxy) is 1. The fourth-order valence-electron chi connectivity index (χ4n) is 1.38. The van der Waals surface area contributed by atoms with Crippen molar-refractivity contribution in [2.24, 2.45) is 0 Å². The van der Waals surface area contributed by atoms with Crippen LogP contribution in [0.25, 0.3) is 0 Å². The van der Waals surface area contributed by atoms with Gasteiger partial charge in [0.05, 0.1) is 6.54 Å². The molecule has 1 aromatic rings. The van der Waals surface area contributed by atoms with Crippen molar-refractivity contribution in [1.29, 1.82) is 0 Å². The molecule has 0 spiro atoms. The fourth-order valence-corrected chi connectivity index (χ4v) is 1.38. The molecule has 0 saturated heterocycles. The Morgan fingerprint density at radius 2 is 1.76 bits per heavy atom. The molecule has 8 nitrogen and oxygen atoms in total. The van der Waals surface area contributed by atoms with Gasteiger partial charge in [-0.05, 0) is 19.4 Å². The van der Waals surface area contributed by atoms with Crippen LogP contribution in [0.15, 0.2) is 30.3 Å². The van der Waals surface area contributed by atoms with Gasteiger partial charge in [0, 0.05) is 6.42 Å². The zero-order chi connectivity index (χ0) is 19.2. The Kier molecular flexibility index (Phi) is 11.1. The third-order valence-electron chi connectivity index (χ3n) is 2.76. The van der Waals surface area contributed by atoms with Crippen molar-refractivity contribution in [2.45, 2.75) is 39.8 Å². The van der Waals surface area contributed by atoms with E-state index in [0.29, 0.717) is 6.42 Å².